The maximum Gasteiger partial charge on any atom is 0.326 e. The van der Waals surface area contributed by atoms with Gasteiger partial charge < -0.3 is 16.2 Å². The van der Waals surface area contributed by atoms with Crippen LogP contribution >= 0.6 is 11.8 Å². The lowest BCUT2D eigenvalue weighted by Crippen LogP contribution is -2.45. The molecule has 0 aromatic carbocycles. The highest BCUT2D eigenvalue weighted by Gasteiger charge is 2.33. The molecular formula is C12H22N2O3S. The fraction of sp³-hybridized carbons (Fsp3) is 0.833. The van der Waals surface area contributed by atoms with Crippen LogP contribution in [0.25, 0.3) is 0 Å². The van der Waals surface area contributed by atoms with Gasteiger partial charge >= 0.3 is 5.97 Å². The third kappa shape index (κ3) is 4.17. The van der Waals surface area contributed by atoms with Crippen molar-refractivity contribution in [2.45, 2.75) is 31.7 Å². The Bertz CT molecular complexity index is 299. The molecule has 0 saturated heterocycles. The van der Waals surface area contributed by atoms with E-state index in [2.05, 4.69) is 5.32 Å². The average molecular weight is 274 g/mol. The average Bonchev–Trinajstić information content (AvgIpc) is 2.82. The minimum absolute atomic E-state index is 0.105. The topological polar surface area (TPSA) is 92.4 Å². The van der Waals surface area contributed by atoms with E-state index in [1.54, 1.807) is 11.8 Å². The molecule has 104 valence electrons. The zero-order valence-corrected chi connectivity index (χ0v) is 11.5. The van der Waals surface area contributed by atoms with Gasteiger partial charge in [0.05, 0.1) is 0 Å². The van der Waals surface area contributed by atoms with Crippen LogP contribution in [0.2, 0.25) is 0 Å². The van der Waals surface area contributed by atoms with E-state index in [0.29, 0.717) is 13.0 Å². The molecule has 3 atom stereocenters. The molecule has 0 aliphatic heterocycles. The number of nitrogens with two attached hydrogens (primary N) is 1. The van der Waals surface area contributed by atoms with Gasteiger partial charge in [-0.1, -0.05) is 6.42 Å². The van der Waals surface area contributed by atoms with E-state index in [1.807, 2.05) is 6.26 Å². The van der Waals surface area contributed by atoms with Crippen molar-refractivity contribution >= 4 is 23.6 Å². The zero-order chi connectivity index (χ0) is 13.5. The zero-order valence-electron chi connectivity index (χ0n) is 10.7. The predicted molar refractivity (Wildman–Crippen MR) is 72.5 cm³/mol. The fourth-order valence-corrected chi connectivity index (χ4v) is 2.91. The number of aliphatic carboxylic acids is 1. The number of carboxylic acid groups (broad SMARTS) is 1. The van der Waals surface area contributed by atoms with Crippen LogP contribution in [0.4, 0.5) is 0 Å². The van der Waals surface area contributed by atoms with Crippen LogP contribution in [-0.4, -0.2) is 41.6 Å². The van der Waals surface area contributed by atoms with Gasteiger partial charge in [-0.15, -0.1) is 0 Å². The first-order valence-electron chi connectivity index (χ1n) is 6.32. The number of amides is 1. The Hall–Kier alpha value is -0.750. The Labute approximate surface area is 112 Å². The summed E-state index contributed by atoms with van der Waals surface area (Å²) in [6.45, 7) is 0.501. The quantitative estimate of drug-likeness (QED) is 0.635. The molecule has 18 heavy (non-hydrogen) atoms. The second-order valence-electron chi connectivity index (χ2n) is 4.71. The second kappa shape index (κ2) is 7.63. The molecule has 1 amide bonds. The van der Waals surface area contributed by atoms with Crippen molar-refractivity contribution < 1.29 is 14.7 Å². The number of hydrogen-bond acceptors (Lipinski definition) is 4. The van der Waals surface area contributed by atoms with Crippen molar-refractivity contribution in [2.75, 3.05) is 18.6 Å². The van der Waals surface area contributed by atoms with Gasteiger partial charge in [-0.25, -0.2) is 4.79 Å². The first-order valence-corrected chi connectivity index (χ1v) is 7.71. The number of rotatable bonds is 7. The van der Waals surface area contributed by atoms with Crippen LogP contribution in [0.1, 0.15) is 25.7 Å². The monoisotopic (exact) mass is 274 g/mol. The van der Waals surface area contributed by atoms with E-state index in [0.717, 1.165) is 25.0 Å². The lowest BCUT2D eigenvalue weighted by atomic mass is 9.95. The van der Waals surface area contributed by atoms with Crippen LogP contribution in [0.3, 0.4) is 0 Å². The highest BCUT2D eigenvalue weighted by molar-refractivity contribution is 7.98. The van der Waals surface area contributed by atoms with Crippen LogP contribution in [-0.2, 0) is 9.59 Å². The molecule has 0 aromatic rings. The third-order valence-electron chi connectivity index (χ3n) is 3.52. The molecule has 5 nitrogen and oxygen atoms in total. The van der Waals surface area contributed by atoms with Gasteiger partial charge in [-0.2, -0.15) is 11.8 Å². The van der Waals surface area contributed by atoms with Crippen LogP contribution in [0.15, 0.2) is 0 Å². The predicted octanol–water partition coefficient (Wildman–Crippen LogP) is 0.684. The van der Waals surface area contributed by atoms with E-state index < -0.39 is 12.0 Å². The van der Waals surface area contributed by atoms with Gasteiger partial charge in [0, 0.05) is 5.92 Å². The lowest BCUT2D eigenvalue weighted by molar-refractivity contribution is -0.142. The summed E-state index contributed by atoms with van der Waals surface area (Å²) < 4.78 is 0. The summed E-state index contributed by atoms with van der Waals surface area (Å²) in [4.78, 5) is 23.1. The van der Waals surface area contributed by atoms with Crippen LogP contribution in [0.5, 0.6) is 0 Å². The molecule has 3 unspecified atom stereocenters. The van der Waals surface area contributed by atoms with Crippen molar-refractivity contribution in [1.82, 2.24) is 5.32 Å². The minimum atomic E-state index is -0.959. The summed E-state index contributed by atoms with van der Waals surface area (Å²) in [6.07, 6.45) is 5.17. The number of thioether (sulfide) groups is 1. The van der Waals surface area contributed by atoms with Crippen molar-refractivity contribution in [1.29, 1.82) is 0 Å². The number of nitrogens with one attached hydrogen (secondary N) is 1. The Morgan fingerprint density at radius 3 is 2.78 bits per heavy atom. The minimum Gasteiger partial charge on any atom is -0.480 e. The molecule has 0 spiro atoms. The summed E-state index contributed by atoms with van der Waals surface area (Å²) >= 11 is 1.58. The number of carbonyl (C=O) groups is 2. The van der Waals surface area contributed by atoms with Crippen molar-refractivity contribution in [3.05, 3.63) is 0 Å². The highest BCUT2D eigenvalue weighted by atomic mass is 32.2. The summed E-state index contributed by atoms with van der Waals surface area (Å²) in [6, 6.07) is -0.774. The molecule has 1 aliphatic carbocycles. The van der Waals surface area contributed by atoms with Crippen LogP contribution in [0, 0.1) is 11.8 Å². The Morgan fingerprint density at radius 1 is 1.50 bits per heavy atom. The maximum absolute atomic E-state index is 12.1. The molecule has 0 heterocycles. The smallest absolute Gasteiger partial charge is 0.326 e. The Morgan fingerprint density at radius 2 is 2.22 bits per heavy atom. The van der Waals surface area contributed by atoms with Gasteiger partial charge in [0.2, 0.25) is 5.91 Å². The van der Waals surface area contributed by atoms with Crippen molar-refractivity contribution in [2.24, 2.45) is 17.6 Å². The first kappa shape index (κ1) is 15.3. The van der Waals surface area contributed by atoms with E-state index in [9.17, 15) is 9.59 Å². The third-order valence-corrected chi connectivity index (χ3v) is 4.17. The van der Waals surface area contributed by atoms with Crippen molar-refractivity contribution in [3.8, 4) is 0 Å². The van der Waals surface area contributed by atoms with E-state index in [4.69, 9.17) is 10.8 Å². The van der Waals surface area contributed by atoms with E-state index in [1.165, 1.54) is 0 Å². The molecule has 0 aromatic heterocycles. The van der Waals surface area contributed by atoms with Gasteiger partial charge in [0.25, 0.3) is 0 Å². The molecule has 1 saturated carbocycles. The van der Waals surface area contributed by atoms with Crippen molar-refractivity contribution in [3.63, 3.8) is 0 Å². The number of hydrogen-bond donors (Lipinski definition) is 3. The van der Waals surface area contributed by atoms with Gasteiger partial charge in [-0.3, -0.25) is 4.79 Å². The second-order valence-corrected chi connectivity index (χ2v) is 5.70. The Kier molecular flexibility index (Phi) is 6.49. The summed E-state index contributed by atoms with van der Waals surface area (Å²) in [7, 11) is 0. The molecular weight excluding hydrogens is 252 g/mol. The first-order chi connectivity index (χ1) is 8.60. The summed E-state index contributed by atoms with van der Waals surface area (Å²) in [5.74, 6) is -0.273. The lowest BCUT2D eigenvalue weighted by Gasteiger charge is -2.20. The summed E-state index contributed by atoms with van der Waals surface area (Å²) in [5, 5.41) is 11.7. The standard InChI is InChI=1S/C12H22N2O3S/c1-18-6-5-10(12(16)17)14-11(15)9-4-2-3-8(9)7-13/h8-10H,2-7,13H2,1H3,(H,14,15)(H,16,17). The van der Waals surface area contributed by atoms with Crippen LogP contribution < -0.4 is 11.1 Å². The van der Waals surface area contributed by atoms with Gasteiger partial charge in [-0.05, 0) is 43.7 Å². The molecule has 1 aliphatic rings. The number of carbonyl (C=O) groups excluding carboxylic acids is 1. The molecule has 1 fully saturated rings. The maximum atomic E-state index is 12.1. The molecule has 6 heteroatoms. The van der Waals surface area contributed by atoms with E-state index in [-0.39, 0.29) is 17.7 Å². The molecule has 1 rings (SSSR count). The Balaban J connectivity index is 2.52. The fourth-order valence-electron chi connectivity index (χ4n) is 2.44. The molecule has 0 radical (unpaired) electrons. The van der Waals surface area contributed by atoms with Gasteiger partial charge in [0.15, 0.2) is 0 Å². The van der Waals surface area contributed by atoms with E-state index >= 15 is 0 Å². The number of carboxylic acids is 1. The van der Waals surface area contributed by atoms with Gasteiger partial charge in [0.1, 0.15) is 6.04 Å². The SMILES string of the molecule is CSCCC(NC(=O)C1CCCC1CN)C(=O)O. The normalized spacial score (nSPS) is 24.8. The molecule has 4 N–H and O–H groups in total. The summed E-state index contributed by atoms with van der Waals surface area (Å²) in [5.41, 5.74) is 5.63. The highest BCUT2D eigenvalue weighted by Crippen LogP contribution is 2.31. The largest absolute Gasteiger partial charge is 0.480 e. The molecule has 0 bridgehead atoms.